The number of hydrogen-bond donors (Lipinski definition) is 2. The highest BCUT2D eigenvalue weighted by molar-refractivity contribution is 9.10. The molecule has 20 heavy (non-hydrogen) atoms. The summed E-state index contributed by atoms with van der Waals surface area (Å²) in [6, 6.07) is 0.544. The average molecular weight is 364 g/mol. The largest absolute Gasteiger partial charge is 0.350 e. The van der Waals surface area contributed by atoms with Crippen LogP contribution in [0, 0.1) is 0 Å². The molecule has 1 atom stereocenters. The predicted octanol–water partition coefficient (Wildman–Crippen LogP) is 1.43. The van der Waals surface area contributed by atoms with Gasteiger partial charge in [0.1, 0.15) is 4.90 Å². The van der Waals surface area contributed by atoms with Crippen molar-refractivity contribution >= 4 is 31.9 Å². The summed E-state index contributed by atoms with van der Waals surface area (Å²) >= 11 is 3.16. The average Bonchev–Trinajstić information content (AvgIpc) is 2.26. The minimum Gasteiger partial charge on any atom is -0.350 e. The van der Waals surface area contributed by atoms with E-state index >= 15 is 0 Å². The van der Waals surface area contributed by atoms with Gasteiger partial charge in [0, 0.05) is 22.4 Å². The van der Waals surface area contributed by atoms with Gasteiger partial charge in [0.05, 0.1) is 6.04 Å². The lowest BCUT2D eigenvalue weighted by Gasteiger charge is -2.23. The van der Waals surface area contributed by atoms with Gasteiger partial charge >= 0.3 is 0 Å². The molecule has 112 valence electrons. The van der Waals surface area contributed by atoms with Crippen molar-refractivity contribution in [2.45, 2.75) is 44.2 Å². The number of nitrogens with zero attached hydrogens (tertiary/aromatic N) is 1. The summed E-state index contributed by atoms with van der Waals surface area (Å²) < 4.78 is 27.1. The van der Waals surface area contributed by atoms with Crippen LogP contribution in [0.5, 0.6) is 0 Å². The molecule has 1 amide bonds. The second kappa shape index (κ2) is 6.19. The Kier molecular flexibility index (Phi) is 5.28. The van der Waals surface area contributed by atoms with Crippen molar-refractivity contribution in [3.63, 3.8) is 0 Å². The maximum atomic E-state index is 12.1. The van der Waals surface area contributed by atoms with Crippen LogP contribution in [0.2, 0.25) is 0 Å². The van der Waals surface area contributed by atoms with E-state index in [2.05, 4.69) is 31.0 Å². The molecule has 0 bridgehead atoms. The van der Waals surface area contributed by atoms with Crippen molar-refractivity contribution in [3.05, 3.63) is 22.9 Å². The molecule has 1 aromatic heterocycles. The van der Waals surface area contributed by atoms with Crippen molar-refractivity contribution in [2.75, 3.05) is 0 Å². The Labute approximate surface area is 127 Å². The summed E-state index contributed by atoms with van der Waals surface area (Å²) in [5.74, 6) is -0.385. The Hall–Kier alpha value is -0.990. The van der Waals surface area contributed by atoms with Crippen molar-refractivity contribution < 1.29 is 13.2 Å². The first-order valence-electron chi connectivity index (χ1n) is 5.96. The third-order valence-corrected chi connectivity index (χ3v) is 4.15. The highest BCUT2D eigenvalue weighted by atomic mass is 79.9. The Balaban J connectivity index is 2.84. The fourth-order valence-corrected chi connectivity index (χ4v) is 3.08. The van der Waals surface area contributed by atoms with Gasteiger partial charge in [-0.05, 0) is 49.7 Å². The maximum Gasteiger partial charge on any atom is 0.242 e. The fraction of sp³-hybridized carbons (Fsp3) is 0.500. The van der Waals surface area contributed by atoms with Crippen molar-refractivity contribution in [1.29, 1.82) is 0 Å². The van der Waals surface area contributed by atoms with Gasteiger partial charge in [-0.1, -0.05) is 0 Å². The molecule has 0 radical (unpaired) electrons. The lowest BCUT2D eigenvalue weighted by Crippen LogP contribution is -2.50. The van der Waals surface area contributed by atoms with Gasteiger partial charge in [0.15, 0.2) is 0 Å². The number of rotatable bonds is 4. The molecule has 0 saturated carbocycles. The third kappa shape index (κ3) is 5.18. The monoisotopic (exact) mass is 363 g/mol. The number of pyridine rings is 1. The number of halogens is 1. The van der Waals surface area contributed by atoms with E-state index in [4.69, 9.17) is 0 Å². The van der Waals surface area contributed by atoms with Crippen LogP contribution in [0.1, 0.15) is 27.7 Å². The number of carbonyl (C=O) groups excluding carboxylic acids is 1. The zero-order valence-corrected chi connectivity index (χ0v) is 14.2. The first-order chi connectivity index (χ1) is 9.01. The summed E-state index contributed by atoms with van der Waals surface area (Å²) in [6.07, 6.45) is 2.70. The molecule has 0 fully saturated rings. The van der Waals surface area contributed by atoms with Crippen LogP contribution in [0.15, 0.2) is 27.8 Å². The summed E-state index contributed by atoms with van der Waals surface area (Å²) in [5, 5.41) is 2.71. The van der Waals surface area contributed by atoms with Crippen LogP contribution >= 0.6 is 15.9 Å². The summed E-state index contributed by atoms with van der Waals surface area (Å²) in [7, 11) is -3.79. The second-order valence-electron chi connectivity index (χ2n) is 5.42. The minimum absolute atomic E-state index is 0.00211. The number of carbonyl (C=O) groups is 1. The molecule has 1 unspecified atom stereocenters. The molecule has 0 aliphatic carbocycles. The first-order valence-corrected chi connectivity index (χ1v) is 8.24. The van der Waals surface area contributed by atoms with Gasteiger partial charge in [-0.3, -0.25) is 9.78 Å². The van der Waals surface area contributed by atoms with Gasteiger partial charge in [-0.2, -0.15) is 4.72 Å². The molecular weight excluding hydrogens is 346 g/mol. The molecule has 0 saturated heterocycles. The quantitative estimate of drug-likeness (QED) is 0.846. The van der Waals surface area contributed by atoms with E-state index in [0.717, 1.165) is 0 Å². The van der Waals surface area contributed by atoms with Crippen LogP contribution in [-0.2, 0) is 14.8 Å². The number of hydrogen-bond acceptors (Lipinski definition) is 4. The lowest BCUT2D eigenvalue weighted by molar-refractivity contribution is -0.123. The molecule has 1 rings (SSSR count). The van der Waals surface area contributed by atoms with Crippen LogP contribution in [-0.4, -0.2) is 30.9 Å². The molecule has 0 aliphatic heterocycles. The first kappa shape index (κ1) is 17.1. The maximum absolute atomic E-state index is 12.1. The molecule has 0 aliphatic rings. The highest BCUT2D eigenvalue weighted by Crippen LogP contribution is 2.14. The van der Waals surface area contributed by atoms with E-state index in [-0.39, 0.29) is 10.8 Å². The Morgan fingerprint density at radius 3 is 2.45 bits per heavy atom. The number of nitrogens with one attached hydrogen (secondary N) is 2. The summed E-state index contributed by atoms with van der Waals surface area (Å²) in [6.45, 7) is 6.96. The Bertz CT molecular complexity index is 596. The van der Waals surface area contributed by atoms with Gasteiger partial charge in [0.2, 0.25) is 15.9 Å². The van der Waals surface area contributed by atoms with Crippen molar-refractivity contribution in [1.82, 2.24) is 15.0 Å². The van der Waals surface area contributed by atoms with E-state index in [0.29, 0.717) is 4.47 Å². The van der Waals surface area contributed by atoms with Gasteiger partial charge in [-0.15, -0.1) is 0 Å². The third-order valence-electron chi connectivity index (χ3n) is 2.21. The Morgan fingerprint density at radius 2 is 1.95 bits per heavy atom. The SMILES string of the molecule is CC(NS(=O)(=O)c1cncc(Br)c1)C(=O)NC(C)(C)C. The zero-order chi connectivity index (χ0) is 15.6. The molecule has 0 aromatic carbocycles. The standard InChI is InChI=1S/C12H18BrN3O3S/c1-8(11(17)15-12(2,3)4)16-20(18,19)10-5-9(13)6-14-7-10/h5-8,16H,1-4H3,(H,15,17). The Morgan fingerprint density at radius 1 is 1.35 bits per heavy atom. The molecular formula is C12H18BrN3O3S. The molecule has 8 heteroatoms. The molecule has 1 aromatic rings. The van der Waals surface area contributed by atoms with E-state index in [1.165, 1.54) is 25.4 Å². The second-order valence-corrected chi connectivity index (χ2v) is 8.05. The lowest BCUT2D eigenvalue weighted by atomic mass is 10.1. The van der Waals surface area contributed by atoms with Crippen LogP contribution in [0.4, 0.5) is 0 Å². The normalized spacial score (nSPS) is 13.8. The van der Waals surface area contributed by atoms with E-state index in [9.17, 15) is 13.2 Å². The molecule has 2 N–H and O–H groups in total. The number of sulfonamides is 1. The highest BCUT2D eigenvalue weighted by Gasteiger charge is 2.24. The molecule has 6 nitrogen and oxygen atoms in total. The van der Waals surface area contributed by atoms with Crippen LogP contribution < -0.4 is 10.0 Å². The topological polar surface area (TPSA) is 88.2 Å². The number of aromatic nitrogens is 1. The molecule has 0 spiro atoms. The summed E-state index contributed by atoms with van der Waals surface area (Å²) in [4.78, 5) is 15.7. The predicted molar refractivity (Wildman–Crippen MR) is 79.6 cm³/mol. The minimum atomic E-state index is -3.79. The van der Waals surface area contributed by atoms with Crippen LogP contribution in [0.3, 0.4) is 0 Å². The van der Waals surface area contributed by atoms with Crippen molar-refractivity contribution in [2.24, 2.45) is 0 Å². The smallest absolute Gasteiger partial charge is 0.242 e. The zero-order valence-electron chi connectivity index (χ0n) is 11.8. The van der Waals surface area contributed by atoms with E-state index in [1.807, 2.05) is 20.8 Å². The summed E-state index contributed by atoms with van der Waals surface area (Å²) in [5.41, 5.74) is -0.423. The number of amides is 1. The van der Waals surface area contributed by atoms with E-state index < -0.39 is 21.6 Å². The molecule has 1 heterocycles. The van der Waals surface area contributed by atoms with Gasteiger partial charge in [0.25, 0.3) is 0 Å². The van der Waals surface area contributed by atoms with E-state index in [1.54, 1.807) is 0 Å². The fourth-order valence-electron chi connectivity index (χ4n) is 1.37. The van der Waals surface area contributed by atoms with Gasteiger partial charge in [-0.25, -0.2) is 8.42 Å². The van der Waals surface area contributed by atoms with Gasteiger partial charge < -0.3 is 5.32 Å². The van der Waals surface area contributed by atoms with Crippen LogP contribution in [0.25, 0.3) is 0 Å². The van der Waals surface area contributed by atoms with Crippen molar-refractivity contribution in [3.8, 4) is 0 Å².